The summed E-state index contributed by atoms with van der Waals surface area (Å²) in [6.45, 7) is 6.57. The van der Waals surface area contributed by atoms with E-state index in [1.807, 2.05) is 26.0 Å². The second-order valence-corrected chi connectivity index (χ2v) is 6.35. The van der Waals surface area contributed by atoms with Crippen LogP contribution in [-0.4, -0.2) is 17.1 Å². The number of benzene rings is 1. The summed E-state index contributed by atoms with van der Waals surface area (Å²) in [6.07, 6.45) is 2.15. The zero-order valence-electron chi connectivity index (χ0n) is 11.2. The van der Waals surface area contributed by atoms with E-state index in [1.54, 1.807) is 11.3 Å². The maximum atomic E-state index is 5.94. The summed E-state index contributed by atoms with van der Waals surface area (Å²) in [7, 11) is 0. The lowest BCUT2D eigenvalue weighted by Crippen LogP contribution is -2.38. The lowest BCUT2D eigenvalue weighted by atomic mass is 10.1. The molecule has 0 aliphatic carbocycles. The molecule has 2 rings (SSSR count). The zero-order chi connectivity index (χ0) is 13.2. The van der Waals surface area contributed by atoms with Crippen LogP contribution in [0.2, 0.25) is 0 Å². The maximum absolute atomic E-state index is 5.94. The van der Waals surface area contributed by atoms with E-state index in [9.17, 15) is 0 Å². The highest BCUT2D eigenvalue weighted by atomic mass is 32.1. The predicted molar refractivity (Wildman–Crippen MR) is 77.4 cm³/mol. The molecule has 1 aromatic heterocycles. The average Bonchev–Trinajstić information content (AvgIpc) is 2.68. The number of hydrogen-bond donors (Lipinski definition) is 1. The molecule has 0 amide bonds. The van der Waals surface area contributed by atoms with Crippen LogP contribution in [0.4, 0.5) is 0 Å². The molecular weight excluding hydrogens is 244 g/mol. The van der Waals surface area contributed by atoms with Gasteiger partial charge in [-0.1, -0.05) is 13.0 Å². The van der Waals surface area contributed by atoms with Crippen LogP contribution in [0, 0.1) is 0 Å². The number of fused-ring (bicyclic) bond motifs is 1. The van der Waals surface area contributed by atoms with Crippen molar-refractivity contribution in [2.45, 2.75) is 39.2 Å². The van der Waals surface area contributed by atoms with E-state index in [2.05, 4.69) is 18.0 Å². The van der Waals surface area contributed by atoms with Crippen LogP contribution in [0.5, 0.6) is 5.75 Å². The number of nitrogens with zero attached hydrogens (tertiary/aromatic N) is 1. The molecular formula is C14H20N2OS. The van der Waals surface area contributed by atoms with E-state index in [0.717, 1.165) is 24.1 Å². The topological polar surface area (TPSA) is 48.1 Å². The molecule has 3 nitrogen and oxygen atoms in total. The number of para-hydroxylation sites is 1. The van der Waals surface area contributed by atoms with Gasteiger partial charge in [0.2, 0.25) is 0 Å². The van der Waals surface area contributed by atoms with Crippen LogP contribution < -0.4 is 10.5 Å². The van der Waals surface area contributed by atoms with Crippen LogP contribution in [0.3, 0.4) is 0 Å². The molecule has 0 radical (unpaired) electrons. The number of hydrogen-bond acceptors (Lipinski definition) is 4. The molecule has 0 saturated carbocycles. The third kappa shape index (κ3) is 3.21. The number of rotatable bonds is 5. The van der Waals surface area contributed by atoms with Gasteiger partial charge in [0.1, 0.15) is 17.9 Å². The van der Waals surface area contributed by atoms with Gasteiger partial charge in [0, 0.05) is 5.54 Å². The van der Waals surface area contributed by atoms with E-state index < -0.39 is 0 Å². The quantitative estimate of drug-likeness (QED) is 0.900. The summed E-state index contributed by atoms with van der Waals surface area (Å²) in [4.78, 5) is 4.66. The number of nitrogens with two attached hydrogens (primary N) is 1. The Labute approximate surface area is 112 Å². The fraction of sp³-hybridized carbons (Fsp3) is 0.500. The van der Waals surface area contributed by atoms with Crippen molar-refractivity contribution in [2.75, 3.05) is 6.61 Å². The van der Waals surface area contributed by atoms with Crippen molar-refractivity contribution < 1.29 is 4.74 Å². The van der Waals surface area contributed by atoms with Gasteiger partial charge in [-0.15, -0.1) is 11.3 Å². The van der Waals surface area contributed by atoms with Crippen molar-refractivity contribution in [3.63, 3.8) is 0 Å². The van der Waals surface area contributed by atoms with Gasteiger partial charge in [-0.05, 0) is 38.8 Å². The monoisotopic (exact) mass is 264 g/mol. The van der Waals surface area contributed by atoms with Gasteiger partial charge in [-0.2, -0.15) is 0 Å². The number of aromatic nitrogens is 1. The fourth-order valence-corrected chi connectivity index (χ4v) is 2.76. The van der Waals surface area contributed by atoms with Crippen molar-refractivity contribution >= 4 is 21.6 Å². The van der Waals surface area contributed by atoms with Crippen LogP contribution in [0.1, 0.15) is 32.2 Å². The summed E-state index contributed by atoms with van der Waals surface area (Å²) < 4.78 is 6.98. The fourth-order valence-electron chi connectivity index (χ4n) is 1.67. The molecule has 0 aliphatic heterocycles. The molecule has 0 saturated heterocycles. The molecule has 0 fully saturated rings. The molecule has 2 N–H and O–H groups in total. The Morgan fingerprint density at radius 3 is 2.83 bits per heavy atom. The Balaban J connectivity index is 2.27. The van der Waals surface area contributed by atoms with E-state index in [-0.39, 0.29) is 5.54 Å². The molecule has 18 heavy (non-hydrogen) atoms. The lowest BCUT2D eigenvalue weighted by Gasteiger charge is -2.19. The third-order valence-electron chi connectivity index (χ3n) is 2.49. The van der Waals surface area contributed by atoms with Crippen molar-refractivity contribution in [1.29, 1.82) is 0 Å². The van der Waals surface area contributed by atoms with Crippen LogP contribution >= 0.6 is 11.3 Å². The Morgan fingerprint density at radius 1 is 1.39 bits per heavy atom. The average molecular weight is 264 g/mol. The van der Waals surface area contributed by atoms with Gasteiger partial charge in [0.25, 0.3) is 0 Å². The Kier molecular flexibility index (Phi) is 3.88. The van der Waals surface area contributed by atoms with Crippen molar-refractivity contribution in [3.05, 3.63) is 23.2 Å². The Morgan fingerprint density at radius 2 is 2.17 bits per heavy atom. The summed E-state index contributed by atoms with van der Waals surface area (Å²) in [5.74, 6) is 0.838. The maximum Gasteiger partial charge on any atom is 0.146 e. The molecule has 0 spiro atoms. The van der Waals surface area contributed by atoms with Crippen molar-refractivity contribution in [3.8, 4) is 5.75 Å². The van der Waals surface area contributed by atoms with Crippen LogP contribution in [-0.2, 0) is 6.42 Å². The smallest absolute Gasteiger partial charge is 0.146 e. The lowest BCUT2D eigenvalue weighted by molar-refractivity contribution is 0.245. The molecule has 0 unspecified atom stereocenters. The molecule has 0 bridgehead atoms. The number of ether oxygens (including phenoxy) is 1. The first-order valence-corrected chi connectivity index (χ1v) is 7.11. The second-order valence-electron chi connectivity index (χ2n) is 5.24. The SMILES string of the molecule is CCCc1nc2c(OCC(C)(C)N)cccc2s1. The number of aryl methyl sites for hydroxylation is 1. The second kappa shape index (κ2) is 5.24. The molecule has 1 aromatic carbocycles. The first-order valence-electron chi connectivity index (χ1n) is 6.30. The number of thiazole rings is 1. The largest absolute Gasteiger partial charge is 0.489 e. The molecule has 1 heterocycles. The molecule has 2 aromatic rings. The predicted octanol–water partition coefficient (Wildman–Crippen LogP) is 3.36. The molecule has 4 heteroatoms. The molecule has 0 atom stereocenters. The van der Waals surface area contributed by atoms with Gasteiger partial charge < -0.3 is 10.5 Å². The standard InChI is InChI=1S/C14H20N2OS/c1-4-6-12-16-13-10(17-9-14(2,3)15)7-5-8-11(13)18-12/h5,7-8H,4,6,9,15H2,1-3H3. The molecule has 0 aliphatic rings. The van der Waals surface area contributed by atoms with E-state index in [1.165, 1.54) is 9.71 Å². The minimum atomic E-state index is -0.329. The van der Waals surface area contributed by atoms with Gasteiger partial charge in [0.15, 0.2) is 0 Å². The highest BCUT2D eigenvalue weighted by molar-refractivity contribution is 7.18. The van der Waals surface area contributed by atoms with Crippen molar-refractivity contribution in [2.24, 2.45) is 5.73 Å². The highest BCUT2D eigenvalue weighted by Crippen LogP contribution is 2.30. The molecule has 98 valence electrons. The van der Waals surface area contributed by atoms with Gasteiger partial charge in [0.05, 0.1) is 9.71 Å². The minimum absolute atomic E-state index is 0.329. The van der Waals surface area contributed by atoms with E-state index in [0.29, 0.717) is 6.61 Å². The van der Waals surface area contributed by atoms with E-state index in [4.69, 9.17) is 10.5 Å². The third-order valence-corrected chi connectivity index (χ3v) is 3.57. The Bertz CT molecular complexity index is 528. The summed E-state index contributed by atoms with van der Waals surface area (Å²) in [5, 5.41) is 1.18. The minimum Gasteiger partial charge on any atom is -0.489 e. The van der Waals surface area contributed by atoms with Gasteiger partial charge >= 0.3 is 0 Å². The first kappa shape index (κ1) is 13.3. The zero-order valence-corrected chi connectivity index (χ0v) is 12.0. The normalized spacial score (nSPS) is 12.0. The summed E-state index contributed by atoms with van der Waals surface area (Å²) in [5.41, 5.74) is 6.58. The highest BCUT2D eigenvalue weighted by Gasteiger charge is 2.14. The van der Waals surface area contributed by atoms with E-state index >= 15 is 0 Å². The van der Waals surface area contributed by atoms with Gasteiger partial charge in [-0.25, -0.2) is 4.98 Å². The summed E-state index contributed by atoms with van der Waals surface area (Å²) >= 11 is 1.75. The van der Waals surface area contributed by atoms with Crippen LogP contribution in [0.25, 0.3) is 10.2 Å². The summed E-state index contributed by atoms with van der Waals surface area (Å²) in [6, 6.07) is 6.06. The first-order chi connectivity index (χ1) is 8.49. The van der Waals surface area contributed by atoms with Gasteiger partial charge in [-0.3, -0.25) is 0 Å². The Hall–Kier alpha value is -1.13. The van der Waals surface area contributed by atoms with Crippen molar-refractivity contribution in [1.82, 2.24) is 4.98 Å². The van der Waals surface area contributed by atoms with Crippen LogP contribution in [0.15, 0.2) is 18.2 Å².